The summed E-state index contributed by atoms with van der Waals surface area (Å²) >= 11 is 0. The normalized spacial score (nSPS) is 11.3. The number of allylic oxidation sites excluding steroid dienone is 1. The van der Waals surface area contributed by atoms with Crippen molar-refractivity contribution in [2.75, 3.05) is 6.61 Å². The Labute approximate surface area is 111 Å². The van der Waals surface area contributed by atoms with Gasteiger partial charge in [-0.25, -0.2) is 0 Å². The van der Waals surface area contributed by atoms with Gasteiger partial charge < -0.3 is 10.1 Å². The fraction of sp³-hybridized carbons (Fsp3) is 0.500. The van der Waals surface area contributed by atoms with Crippen LogP contribution in [0, 0.1) is 0 Å². The van der Waals surface area contributed by atoms with Crippen LogP contribution < -0.4 is 10.1 Å². The molecule has 0 saturated heterocycles. The molecule has 0 atom stereocenters. The molecule has 0 aliphatic heterocycles. The largest absolute Gasteiger partial charge is 0.493 e. The molecule has 1 aromatic rings. The van der Waals surface area contributed by atoms with Crippen molar-refractivity contribution in [2.45, 2.75) is 45.7 Å². The van der Waals surface area contributed by atoms with Gasteiger partial charge in [-0.1, -0.05) is 24.3 Å². The maximum absolute atomic E-state index is 5.82. The molecule has 100 valence electrons. The fourth-order valence-electron chi connectivity index (χ4n) is 1.56. The van der Waals surface area contributed by atoms with Gasteiger partial charge in [0.1, 0.15) is 5.75 Å². The molecular weight excluding hydrogens is 222 g/mol. The van der Waals surface area contributed by atoms with Gasteiger partial charge in [-0.05, 0) is 39.7 Å². The van der Waals surface area contributed by atoms with E-state index < -0.39 is 0 Å². The van der Waals surface area contributed by atoms with Crippen molar-refractivity contribution in [3.8, 4) is 5.75 Å². The number of hydrogen-bond donors (Lipinski definition) is 1. The molecule has 1 rings (SSSR count). The Balaban J connectivity index is 2.53. The Morgan fingerprint density at radius 3 is 2.67 bits per heavy atom. The molecular formula is C16H25NO. The third kappa shape index (κ3) is 5.87. The highest BCUT2D eigenvalue weighted by Crippen LogP contribution is 2.19. The molecule has 0 radical (unpaired) electrons. The highest BCUT2D eigenvalue weighted by atomic mass is 16.5. The zero-order valence-electron chi connectivity index (χ0n) is 11.8. The summed E-state index contributed by atoms with van der Waals surface area (Å²) in [7, 11) is 0. The summed E-state index contributed by atoms with van der Waals surface area (Å²) < 4.78 is 5.82. The van der Waals surface area contributed by atoms with E-state index in [9.17, 15) is 0 Å². The second kappa shape index (κ2) is 7.22. The second-order valence-electron chi connectivity index (χ2n) is 5.49. The van der Waals surface area contributed by atoms with E-state index in [1.54, 1.807) is 0 Å². The van der Waals surface area contributed by atoms with E-state index in [0.29, 0.717) is 0 Å². The van der Waals surface area contributed by atoms with Crippen molar-refractivity contribution < 1.29 is 4.74 Å². The van der Waals surface area contributed by atoms with Crippen LogP contribution in [-0.2, 0) is 6.54 Å². The Morgan fingerprint density at radius 2 is 2.00 bits per heavy atom. The molecule has 0 aromatic heterocycles. The molecule has 0 bridgehead atoms. The lowest BCUT2D eigenvalue weighted by Crippen LogP contribution is -2.35. The lowest BCUT2D eigenvalue weighted by atomic mass is 10.1. The van der Waals surface area contributed by atoms with Crippen molar-refractivity contribution in [2.24, 2.45) is 0 Å². The molecule has 0 spiro atoms. The van der Waals surface area contributed by atoms with Gasteiger partial charge in [0.2, 0.25) is 0 Å². The minimum Gasteiger partial charge on any atom is -0.493 e. The first-order chi connectivity index (χ1) is 8.53. The summed E-state index contributed by atoms with van der Waals surface area (Å²) in [6, 6.07) is 8.22. The molecule has 0 unspecified atom stereocenters. The van der Waals surface area contributed by atoms with Crippen molar-refractivity contribution in [1.29, 1.82) is 0 Å². The average molecular weight is 247 g/mol. The number of para-hydroxylation sites is 1. The van der Waals surface area contributed by atoms with Crippen molar-refractivity contribution in [3.05, 3.63) is 42.5 Å². The standard InChI is InChI=1S/C16H25NO/c1-5-6-9-12-18-15-11-8-7-10-14(15)13-17-16(2,3)4/h5,7-8,10-11,17H,1,6,9,12-13H2,2-4H3. The molecule has 0 saturated carbocycles. The van der Waals surface area contributed by atoms with Gasteiger partial charge in [-0.2, -0.15) is 0 Å². The van der Waals surface area contributed by atoms with Crippen LogP contribution in [0.25, 0.3) is 0 Å². The molecule has 0 heterocycles. The molecule has 2 nitrogen and oxygen atoms in total. The van der Waals surface area contributed by atoms with Crippen LogP contribution in [-0.4, -0.2) is 12.1 Å². The zero-order chi connectivity index (χ0) is 13.4. The number of hydrogen-bond acceptors (Lipinski definition) is 2. The van der Waals surface area contributed by atoms with Crippen LogP contribution in [0.15, 0.2) is 36.9 Å². The summed E-state index contributed by atoms with van der Waals surface area (Å²) in [4.78, 5) is 0. The van der Waals surface area contributed by atoms with E-state index in [-0.39, 0.29) is 5.54 Å². The second-order valence-corrected chi connectivity index (χ2v) is 5.49. The van der Waals surface area contributed by atoms with Crippen LogP contribution in [0.5, 0.6) is 5.75 Å². The van der Waals surface area contributed by atoms with Gasteiger partial charge in [-0.3, -0.25) is 0 Å². The Morgan fingerprint density at radius 1 is 1.28 bits per heavy atom. The van der Waals surface area contributed by atoms with Crippen LogP contribution in [0.2, 0.25) is 0 Å². The topological polar surface area (TPSA) is 21.3 Å². The van der Waals surface area contributed by atoms with Gasteiger partial charge in [-0.15, -0.1) is 6.58 Å². The third-order valence-corrected chi connectivity index (χ3v) is 2.59. The Kier molecular flexibility index (Phi) is 5.93. The van der Waals surface area contributed by atoms with Crippen LogP contribution in [0.1, 0.15) is 39.2 Å². The Bertz CT molecular complexity index is 366. The maximum atomic E-state index is 5.82. The summed E-state index contributed by atoms with van der Waals surface area (Å²) in [6.07, 6.45) is 3.95. The predicted molar refractivity (Wildman–Crippen MR) is 78.0 cm³/mol. The molecule has 0 amide bonds. The number of rotatable bonds is 7. The van der Waals surface area contributed by atoms with Gasteiger partial charge in [0.25, 0.3) is 0 Å². The van der Waals surface area contributed by atoms with E-state index >= 15 is 0 Å². The van der Waals surface area contributed by atoms with E-state index in [0.717, 1.165) is 31.7 Å². The minimum absolute atomic E-state index is 0.121. The summed E-state index contributed by atoms with van der Waals surface area (Å²) in [5.74, 6) is 0.985. The van der Waals surface area contributed by atoms with Gasteiger partial charge in [0.15, 0.2) is 0 Å². The highest BCUT2D eigenvalue weighted by Gasteiger charge is 2.10. The first-order valence-corrected chi connectivity index (χ1v) is 6.59. The quantitative estimate of drug-likeness (QED) is 0.582. The molecule has 2 heteroatoms. The minimum atomic E-state index is 0.121. The maximum Gasteiger partial charge on any atom is 0.123 e. The van der Waals surface area contributed by atoms with Crippen molar-refractivity contribution in [3.63, 3.8) is 0 Å². The predicted octanol–water partition coefficient (Wildman–Crippen LogP) is 3.92. The van der Waals surface area contributed by atoms with E-state index in [4.69, 9.17) is 4.74 Å². The van der Waals surface area contributed by atoms with Crippen LogP contribution in [0.3, 0.4) is 0 Å². The van der Waals surface area contributed by atoms with E-state index in [2.05, 4.69) is 44.8 Å². The Hall–Kier alpha value is -1.28. The average Bonchev–Trinajstić information content (AvgIpc) is 2.32. The third-order valence-electron chi connectivity index (χ3n) is 2.59. The van der Waals surface area contributed by atoms with E-state index in [1.165, 1.54) is 5.56 Å². The SMILES string of the molecule is C=CCCCOc1ccccc1CNC(C)(C)C. The lowest BCUT2D eigenvalue weighted by Gasteiger charge is -2.21. The number of nitrogens with one attached hydrogen (secondary N) is 1. The summed E-state index contributed by atoms with van der Waals surface area (Å²) in [6.45, 7) is 11.8. The summed E-state index contributed by atoms with van der Waals surface area (Å²) in [5.41, 5.74) is 1.33. The molecule has 0 aliphatic rings. The van der Waals surface area contributed by atoms with Crippen molar-refractivity contribution in [1.82, 2.24) is 5.32 Å². The van der Waals surface area contributed by atoms with Crippen LogP contribution in [0.4, 0.5) is 0 Å². The van der Waals surface area contributed by atoms with Gasteiger partial charge in [0.05, 0.1) is 6.61 Å². The number of unbranched alkanes of at least 4 members (excludes halogenated alkanes) is 1. The molecule has 1 N–H and O–H groups in total. The van der Waals surface area contributed by atoms with Crippen molar-refractivity contribution >= 4 is 0 Å². The number of ether oxygens (including phenoxy) is 1. The fourth-order valence-corrected chi connectivity index (χ4v) is 1.56. The van der Waals surface area contributed by atoms with Gasteiger partial charge >= 0.3 is 0 Å². The van der Waals surface area contributed by atoms with E-state index in [1.807, 2.05) is 18.2 Å². The monoisotopic (exact) mass is 247 g/mol. The molecule has 0 fully saturated rings. The van der Waals surface area contributed by atoms with Crippen LogP contribution >= 0.6 is 0 Å². The molecule has 18 heavy (non-hydrogen) atoms. The van der Waals surface area contributed by atoms with Gasteiger partial charge in [0, 0.05) is 17.6 Å². The highest BCUT2D eigenvalue weighted by molar-refractivity contribution is 5.33. The first-order valence-electron chi connectivity index (χ1n) is 6.59. The number of benzene rings is 1. The first kappa shape index (κ1) is 14.8. The lowest BCUT2D eigenvalue weighted by molar-refractivity contribution is 0.306. The summed E-state index contributed by atoms with van der Waals surface area (Å²) in [5, 5.41) is 3.48. The smallest absolute Gasteiger partial charge is 0.123 e. The zero-order valence-corrected chi connectivity index (χ0v) is 11.8. The molecule has 1 aromatic carbocycles. The molecule has 0 aliphatic carbocycles.